The summed E-state index contributed by atoms with van der Waals surface area (Å²) >= 11 is 0. The number of carbonyl (C=O) groups excluding carboxylic acids is 1. The van der Waals surface area contributed by atoms with Crippen molar-refractivity contribution >= 4 is 16.9 Å². The number of benzene rings is 3. The van der Waals surface area contributed by atoms with Crippen molar-refractivity contribution in [2.45, 2.75) is 12.3 Å². The molecule has 1 aliphatic rings. The van der Waals surface area contributed by atoms with Crippen LogP contribution in [-0.2, 0) is 4.79 Å². The van der Waals surface area contributed by atoms with Crippen molar-refractivity contribution in [1.82, 2.24) is 0 Å². The number of methoxy groups -OCH3 is 3. The Kier molecular flexibility index (Phi) is 5.68. The third kappa shape index (κ3) is 3.74. The minimum Gasteiger partial charge on any atom is -0.507 e. The van der Waals surface area contributed by atoms with Crippen LogP contribution in [0.25, 0.3) is 22.3 Å². The summed E-state index contributed by atoms with van der Waals surface area (Å²) in [6.45, 7) is 0. The van der Waals surface area contributed by atoms with Crippen molar-refractivity contribution in [3.63, 3.8) is 0 Å². The van der Waals surface area contributed by atoms with Crippen LogP contribution in [-0.4, -0.2) is 37.5 Å². The topological polar surface area (TPSA) is 125 Å². The van der Waals surface area contributed by atoms with Gasteiger partial charge in [-0.2, -0.15) is 0 Å². The summed E-state index contributed by atoms with van der Waals surface area (Å²) in [5.41, 5.74) is 1.05. The predicted molar refractivity (Wildman–Crippen MR) is 129 cm³/mol. The van der Waals surface area contributed by atoms with E-state index in [9.17, 15) is 19.8 Å². The van der Waals surface area contributed by atoms with Gasteiger partial charge in [0.05, 0.1) is 27.8 Å². The lowest BCUT2D eigenvalue weighted by molar-refractivity contribution is -0.135. The second-order valence-electron chi connectivity index (χ2n) is 8.21. The molecule has 5 rings (SSSR count). The molecule has 9 nitrogen and oxygen atoms in total. The van der Waals surface area contributed by atoms with Gasteiger partial charge in [0.2, 0.25) is 0 Å². The van der Waals surface area contributed by atoms with Gasteiger partial charge in [-0.15, -0.1) is 0 Å². The first-order valence-electron chi connectivity index (χ1n) is 11.0. The maximum absolute atomic E-state index is 13.1. The number of hydrogen-bond donors (Lipinski definition) is 2. The SMILES string of the molecule is COc1ccc([C@@H]2CC(=O)Oc3cc(O)c4c(=O)cc(-c5ccc(OC)c(O)c5)oc4c32)c(OC)c1. The predicted octanol–water partition coefficient (Wildman–Crippen LogP) is 4.34. The molecule has 3 aromatic carbocycles. The standard InChI is InChI=1S/C27H22O9/c1-32-14-5-6-15(22(9-14)34-3)16-10-24(31)35-23-12-19(30)26-18(29)11-21(36-27(26)25(16)23)13-4-7-20(33-2)17(28)8-13/h4-9,11-12,16,28,30H,10H2,1-3H3/t16-/m0/s1. The highest BCUT2D eigenvalue weighted by atomic mass is 16.5. The first-order valence-corrected chi connectivity index (χ1v) is 11.0. The summed E-state index contributed by atoms with van der Waals surface area (Å²) < 4.78 is 27.6. The Hall–Kier alpha value is -4.66. The number of esters is 1. The summed E-state index contributed by atoms with van der Waals surface area (Å²) in [6, 6.07) is 12.2. The first kappa shape index (κ1) is 23.1. The van der Waals surface area contributed by atoms with Gasteiger partial charge in [-0.25, -0.2) is 0 Å². The van der Waals surface area contributed by atoms with Crippen molar-refractivity contribution < 1.29 is 38.4 Å². The Bertz CT molecular complexity index is 1570. The molecule has 1 atom stereocenters. The molecule has 36 heavy (non-hydrogen) atoms. The van der Waals surface area contributed by atoms with Gasteiger partial charge in [0, 0.05) is 40.8 Å². The monoisotopic (exact) mass is 490 g/mol. The van der Waals surface area contributed by atoms with Crippen LogP contribution in [0.1, 0.15) is 23.5 Å². The van der Waals surface area contributed by atoms with Gasteiger partial charge in [-0.1, -0.05) is 6.07 Å². The smallest absolute Gasteiger partial charge is 0.312 e. The first-order chi connectivity index (χ1) is 17.3. The van der Waals surface area contributed by atoms with Gasteiger partial charge in [0.15, 0.2) is 16.9 Å². The molecule has 2 N–H and O–H groups in total. The molecular weight excluding hydrogens is 468 g/mol. The van der Waals surface area contributed by atoms with E-state index in [0.717, 1.165) is 0 Å². The van der Waals surface area contributed by atoms with Crippen molar-refractivity contribution in [1.29, 1.82) is 0 Å². The number of hydrogen-bond acceptors (Lipinski definition) is 9. The van der Waals surface area contributed by atoms with Crippen molar-refractivity contribution in [2.24, 2.45) is 0 Å². The van der Waals surface area contributed by atoms with E-state index in [1.54, 1.807) is 30.3 Å². The van der Waals surface area contributed by atoms with Crippen LogP contribution in [0.2, 0.25) is 0 Å². The van der Waals surface area contributed by atoms with Crippen LogP contribution in [0.3, 0.4) is 0 Å². The van der Waals surface area contributed by atoms with Crippen LogP contribution < -0.4 is 24.4 Å². The zero-order valence-electron chi connectivity index (χ0n) is 19.7. The van der Waals surface area contributed by atoms with Gasteiger partial charge >= 0.3 is 5.97 Å². The van der Waals surface area contributed by atoms with Crippen LogP contribution in [0.5, 0.6) is 34.5 Å². The maximum Gasteiger partial charge on any atom is 0.312 e. The zero-order valence-corrected chi connectivity index (χ0v) is 19.7. The molecule has 4 aromatic rings. The lowest BCUT2D eigenvalue weighted by Gasteiger charge is -2.27. The molecule has 1 aliphatic heterocycles. The summed E-state index contributed by atoms with van der Waals surface area (Å²) in [4.78, 5) is 25.7. The van der Waals surface area contributed by atoms with E-state index in [1.165, 1.54) is 39.5 Å². The molecule has 0 bridgehead atoms. The zero-order chi connectivity index (χ0) is 25.6. The molecule has 0 saturated heterocycles. The Labute approximate surface area is 205 Å². The fourth-order valence-electron chi connectivity index (χ4n) is 4.52. The lowest BCUT2D eigenvalue weighted by Crippen LogP contribution is -2.22. The summed E-state index contributed by atoms with van der Waals surface area (Å²) in [5.74, 6) is -0.0985. The molecule has 0 aliphatic carbocycles. The molecule has 2 heterocycles. The van der Waals surface area contributed by atoms with Crippen LogP contribution >= 0.6 is 0 Å². The number of ether oxygens (including phenoxy) is 4. The Morgan fingerprint density at radius 3 is 2.33 bits per heavy atom. The number of phenols is 2. The van der Waals surface area contributed by atoms with E-state index in [2.05, 4.69) is 0 Å². The van der Waals surface area contributed by atoms with E-state index < -0.39 is 17.3 Å². The van der Waals surface area contributed by atoms with Crippen LogP contribution in [0, 0.1) is 0 Å². The molecule has 0 fully saturated rings. The number of fused-ring (bicyclic) bond motifs is 3. The Morgan fingerprint density at radius 1 is 0.861 bits per heavy atom. The molecule has 0 spiro atoms. The number of phenolic OH excluding ortho intramolecular Hbond substituents is 2. The third-order valence-corrected chi connectivity index (χ3v) is 6.20. The number of carbonyl (C=O) groups is 1. The lowest BCUT2D eigenvalue weighted by atomic mass is 9.84. The van der Waals surface area contributed by atoms with Crippen LogP contribution in [0.15, 0.2) is 57.7 Å². The minimum atomic E-state index is -0.604. The number of rotatable bonds is 5. The van der Waals surface area contributed by atoms with Gasteiger partial charge in [-0.05, 0) is 24.3 Å². The van der Waals surface area contributed by atoms with E-state index in [1.807, 2.05) is 0 Å². The number of aromatic hydroxyl groups is 2. The molecule has 0 amide bonds. The third-order valence-electron chi connectivity index (χ3n) is 6.20. The van der Waals surface area contributed by atoms with E-state index in [4.69, 9.17) is 23.4 Å². The van der Waals surface area contributed by atoms with Crippen molar-refractivity contribution in [3.05, 3.63) is 69.9 Å². The second-order valence-corrected chi connectivity index (χ2v) is 8.21. The second kappa shape index (κ2) is 8.84. The maximum atomic E-state index is 13.1. The highest BCUT2D eigenvalue weighted by Crippen LogP contribution is 2.48. The minimum absolute atomic E-state index is 0.0488. The molecule has 0 radical (unpaired) electrons. The van der Waals surface area contributed by atoms with Crippen molar-refractivity contribution in [2.75, 3.05) is 21.3 Å². The van der Waals surface area contributed by atoms with Gasteiger partial charge in [-0.3, -0.25) is 9.59 Å². The summed E-state index contributed by atoms with van der Waals surface area (Å²) in [5, 5.41) is 20.8. The molecule has 184 valence electrons. The van der Waals surface area contributed by atoms with E-state index in [0.29, 0.717) is 28.2 Å². The highest BCUT2D eigenvalue weighted by Gasteiger charge is 2.35. The average molecular weight is 490 g/mol. The quantitative estimate of drug-likeness (QED) is 0.310. The molecule has 1 aromatic heterocycles. The van der Waals surface area contributed by atoms with Gasteiger partial charge in [0.1, 0.15) is 39.7 Å². The summed E-state index contributed by atoms with van der Waals surface area (Å²) in [7, 11) is 4.46. The average Bonchev–Trinajstić information content (AvgIpc) is 2.87. The fourth-order valence-corrected chi connectivity index (χ4v) is 4.52. The fraction of sp³-hybridized carbons (Fsp3) is 0.185. The van der Waals surface area contributed by atoms with Gasteiger partial charge in [0.25, 0.3) is 0 Å². The molecule has 0 unspecified atom stereocenters. The molecule has 9 heteroatoms. The van der Waals surface area contributed by atoms with E-state index in [-0.39, 0.29) is 46.1 Å². The normalized spacial score (nSPS) is 14.8. The molecular formula is C27H22O9. The van der Waals surface area contributed by atoms with Crippen molar-refractivity contribution in [3.8, 4) is 45.8 Å². The van der Waals surface area contributed by atoms with Gasteiger partial charge < -0.3 is 33.6 Å². The molecule has 0 saturated carbocycles. The van der Waals surface area contributed by atoms with Crippen LogP contribution in [0.4, 0.5) is 0 Å². The Balaban J connectivity index is 1.79. The van der Waals surface area contributed by atoms with E-state index >= 15 is 0 Å². The Morgan fingerprint density at radius 2 is 1.64 bits per heavy atom. The summed E-state index contributed by atoms with van der Waals surface area (Å²) in [6.07, 6.45) is -0.0488. The highest BCUT2D eigenvalue weighted by molar-refractivity contribution is 5.93. The largest absolute Gasteiger partial charge is 0.507 e.